The molecule has 1 aliphatic carbocycles. The van der Waals surface area contributed by atoms with Crippen LogP contribution >= 0.6 is 0 Å². The molecule has 1 aromatic carbocycles. The van der Waals surface area contributed by atoms with Gasteiger partial charge in [-0.05, 0) is 30.7 Å². The molecule has 0 aromatic heterocycles. The van der Waals surface area contributed by atoms with Crippen molar-refractivity contribution >= 4 is 0 Å². The van der Waals surface area contributed by atoms with Gasteiger partial charge in [0.1, 0.15) is 5.75 Å². The highest BCUT2D eigenvalue weighted by atomic mass is 16.5. The second-order valence-corrected chi connectivity index (χ2v) is 6.02. The van der Waals surface area contributed by atoms with Gasteiger partial charge in [-0.25, -0.2) is 0 Å². The van der Waals surface area contributed by atoms with Gasteiger partial charge in [-0.2, -0.15) is 0 Å². The minimum Gasteiger partial charge on any atom is -0.496 e. The Bertz CT molecular complexity index is 423. The van der Waals surface area contributed by atoms with Crippen LogP contribution in [0.4, 0.5) is 0 Å². The van der Waals surface area contributed by atoms with Crippen LogP contribution in [0.2, 0.25) is 0 Å². The summed E-state index contributed by atoms with van der Waals surface area (Å²) >= 11 is 0. The van der Waals surface area contributed by atoms with Gasteiger partial charge in [-0.3, -0.25) is 0 Å². The molecule has 2 N–H and O–H groups in total. The fourth-order valence-corrected chi connectivity index (χ4v) is 3.83. The van der Waals surface area contributed by atoms with Crippen LogP contribution in [0.15, 0.2) is 24.3 Å². The molecule has 1 saturated carbocycles. The number of ether oxygens (including phenoxy) is 1. The van der Waals surface area contributed by atoms with Crippen molar-refractivity contribution in [1.82, 2.24) is 4.90 Å². The van der Waals surface area contributed by atoms with E-state index in [1.807, 2.05) is 18.2 Å². The third kappa shape index (κ3) is 2.63. The minimum atomic E-state index is 0.0509. The molecule has 1 aliphatic heterocycles. The van der Waals surface area contributed by atoms with E-state index in [0.717, 1.165) is 29.7 Å². The van der Waals surface area contributed by atoms with Gasteiger partial charge in [0, 0.05) is 31.2 Å². The summed E-state index contributed by atoms with van der Waals surface area (Å²) in [6, 6.07) is 8.16. The van der Waals surface area contributed by atoms with Crippen LogP contribution in [0.5, 0.6) is 5.75 Å². The molecule has 1 saturated heterocycles. The molecule has 19 heavy (non-hydrogen) atoms. The van der Waals surface area contributed by atoms with Crippen molar-refractivity contribution in [3.05, 3.63) is 29.8 Å². The number of hydrogen-bond acceptors (Lipinski definition) is 3. The molecule has 3 rings (SSSR count). The minimum absolute atomic E-state index is 0.0509. The Morgan fingerprint density at radius 2 is 1.95 bits per heavy atom. The number of rotatable bonds is 4. The van der Waals surface area contributed by atoms with E-state index in [9.17, 15) is 0 Å². The fraction of sp³-hybridized carbons (Fsp3) is 0.625. The van der Waals surface area contributed by atoms with E-state index in [4.69, 9.17) is 10.5 Å². The van der Waals surface area contributed by atoms with Gasteiger partial charge >= 0.3 is 0 Å². The molecule has 3 nitrogen and oxygen atoms in total. The summed E-state index contributed by atoms with van der Waals surface area (Å²) in [4.78, 5) is 2.55. The Hall–Kier alpha value is -1.06. The van der Waals surface area contributed by atoms with Crippen LogP contribution in [0.3, 0.4) is 0 Å². The van der Waals surface area contributed by atoms with Crippen LogP contribution in [-0.4, -0.2) is 31.6 Å². The Morgan fingerprint density at radius 3 is 2.63 bits per heavy atom. The summed E-state index contributed by atoms with van der Waals surface area (Å²) in [7, 11) is 1.71. The van der Waals surface area contributed by atoms with E-state index >= 15 is 0 Å². The topological polar surface area (TPSA) is 38.5 Å². The lowest BCUT2D eigenvalue weighted by Crippen LogP contribution is -2.31. The first-order chi connectivity index (χ1) is 9.28. The van der Waals surface area contributed by atoms with Gasteiger partial charge in [0.05, 0.1) is 7.11 Å². The molecule has 3 atom stereocenters. The molecule has 0 amide bonds. The molecular formula is C16H24N2O. The average Bonchev–Trinajstić information content (AvgIpc) is 2.99. The summed E-state index contributed by atoms with van der Waals surface area (Å²) in [6.07, 6.45) is 4.28. The van der Waals surface area contributed by atoms with E-state index < -0.39 is 0 Å². The van der Waals surface area contributed by atoms with Crippen molar-refractivity contribution in [2.75, 3.05) is 26.7 Å². The van der Waals surface area contributed by atoms with E-state index in [1.165, 1.54) is 32.4 Å². The number of hydrogen-bond donors (Lipinski definition) is 1. The van der Waals surface area contributed by atoms with Crippen LogP contribution < -0.4 is 10.5 Å². The number of likely N-dealkylation sites (tertiary alicyclic amines) is 1. The monoisotopic (exact) mass is 260 g/mol. The van der Waals surface area contributed by atoms with E-state index in [-0.39, 0.29) is 6.04 Å². The van der Waals surface area contributed by atoms with Gasteiger partial charge in [0.25, 0.3) is 0 Å². The van der Waals surface area contributed by atoms with Crippen LogP contribution in [0.1, 0.15) is 30.9 Å². The predicted molar refractivity (Wildman–Crippen MR) is 77.2 cm³/mol. The lowest BCUT2D eigenvalue weighted by atomic mass is 10.0. The molecule has 2 aliphatic rings. The summed E-state index contributed by atoms with van der Waals surface area (Å²) in [5.41, 5.74) is 7.51. The quantitative estimate of drug-likeness (QED) is 0.903. The van der Waals surface area contributed by atoms with E-state index in [0.29, 0.717) is 0 Å². The molecule has 3 unspecified atom stereocenters. The Morgan fingerprint density at radius 1 is 1.26 bits per heavy atom. The van der Waals surface area contributed by atoms with Crippen molar-refractivity contribution in [3.63, 3.8) is 0 Å². The van der Waals surface area contributed by atoms with E-state index in [2.05, 4.69) is 11.0 Å². The third-order valence-corrected chi connectivity index (χ3v) is 4.80. The maximum atomic E-state index is 6.38. The van der Waals surface area contributed by atoms with Gasteiger partial charge in [0.2, 0.25) is 0 Å². The average molecular weight is 260 g/mol. The van der Waals surface area contributed by atoms with Crippen molar-refractivity contribution in [2.45, 2.75) is 25.3 Å². The van der Waals surface area contributed by atoms with Crippen molar-refractivity contribution in [3.8, 4) is 5.75 Å². The first-order valence-electron chi connectivity index (χ1n) is 7.38. The molecule has 104 valence electrons. The molecule has 1 aromatic rings. The van der Waals surface area contributed by atoms with Crippen molar-refractivity contribution in [1.29, 1.82) is 0 Å². The summed E-state index contributed by atoms with van der Waals surface area (Å²) in [6.45, 7) is 3.44. The Kier molecular flexibility index (Phi) is 3.76. The summed E-state index contributed by atoms with van der Waals surface area (Å²) in [5.74, 6) is 2.78. The Labute approximate surface area is 115 Å². The number of nitrogens with two attached hydrogens (primary N) is 1. The summed E-state index contributed by atoms with van der Waals surface area (Å²) < 4.78 is 5.41. The van der Waals surface area contributed by atoms with Crippen molar-refractivity contribution in [2.24, 2.45) is 17.6 Å². The molecular weight excluding hydrogens is 236 g/mol. The summed E-state index contributed by atoms with van der Waals surface area (Å²) in [5, 5.41) is 0. The van der Waals surface area contributed by atoms with Crippen molar-refractivity contribution < 1.29 is 4.74 Å². The number of para-hydroxylation sites is 1. The first-order valence-corrected chi connectivity index (χ1v) is 7.38. The highest BCUT2D eigenvalue weighted by molar-refractivity contribution is 5.35. The van der Waals surface area contributed by atoms with Crippen LogP contribution in [0.25, 0.3) is 0 Å². The lowest BCUT2D eigenvalue weighted by molar-refractivity contribution is 0.288. The second kappa shape index (κ2) is 5.51. The van der Waals surface area contributed by atoms with Crippen LogP contribution in [-0.2, 0) is 0 Å². The molecule has 1 heterocycles. The standard InChI is InChI=1S/C16H24N2O/c1-19-16-8-3-2-7-14(16)15(17)11-18-9-12-5-4-6-13(12)10-18/h2-3,7-8,12-13,15H,4-6,9-11,17H2,1H3. The molecule has 0 bridgehead atoms. The molecule has 0 spiro atoms. The number of benzene rings is 1. The lowest BCUT2D eigenvalue weighted by Gasteiger charge is -2.23. The smallest absolute Gasteiger partial charge is 0.123 e. The molecule has 3 heteroatoms. The van der Waals surface area contributed by atoms with Crippen LogP contribution in [0, 0.1) is 11.8 Å². The predicted octanol–water partition coefficient (Wildman–Crippen LogP) is 2.43. The van der Waals surface area contributed by atoms with Gasteiger partial charge in [-0.15, -0.1) is 0 Å². The first kappa shape index (κ1) is 12.9. The third-order valence-electron chi connectivity index (χ3n) is 4.80. The zero-order chi connectivity index (χ0) is 13.2. The number of nitrogens with zero attached hydrogens (tertiary/aromatic N) is 1. The Balaban J connectivity index is 1.63. The zero-order valence-electron chi connectivity index (χ0n) is 11.7. The number of fused-ring (bicyclic) bond motifs is 1. The largest absolute Gasteiger partial charge is 0.496 e. The molecule has 0 radical (unpaired) electrons. The van der Waals surface area contributed by atoms with E-state index in [1.54, 1.807) is 7.11 Å². The highest BCUT2D eigenvalue weighted by Gasteiger charge is 2.36. The fourth-order valence-electron chi connectivity index (χ4n) is 3.83. The second-order valence-electron chi connectivity index (χ2n) is 6.02. The zero-order valence-corrected chi connectivity index (χ0v) is 11.7. The number of methoxy groups -OCH3 is 1. The maximum absolute atomic E-state index is 6.38. The highest BCUT2D eigenvalue weighted by Crippen LogP contribution is 2.38. The van der Waals surface area contributed by atoms with Gasteiger partial charge < -0.3 is 15.4 Å². The van der Waals surface area contributed by atoms with Gasteiger partial charge in [-0.1, -0.05) is 24.6 Å². The van der Waals surface area contributed by atoms with Gasteiger partial charge in [0.15, 0.2) is 0 Å². The maximum Gasteiger partial charge on any atom is 0.123 e. The molecule has 2 fully saturated rings. The SMILES string of the molecule is COc1ccccc1C(N)CN1CC2CCCC2C1. The normalized spacial score (nSPS) is 28.3.